The zero-order valence-electron chi connectivity index (χ0n) is 31.5. The molecule has 3 nitrogen and oxygen atoms in total. The second-order valence-corrected chi connectivity index (χ2v) is 18.6. The van der Waals surface area contributed by atoms with Crippen LogP contribution in [0.4, 0.5) is 0 Å². The van der Waals surface area contributed by atoms with Gasteiger partial charge in [0.15, 0.2) is 17.5 Å². The molecular weight excluding hydrogens is 775 g/mol. The molecule has 4 aromatic heterocycles. The summed E-state index contributed by atoms with van der Waals surface area (Å²) in [5, 5.41) is 7.71. The SMILES string of the molecule is c1ccc(-c2nc(-c3cccc4c3sc3ccccc34)nc(-c3cccc4c3sc3ccc(C5Cc6ccc7c(sc8ccccc87)c6-c6ccccc65)cc34)n2)cc1. The van der Waals surface area contributed by atoms with E-state index in [4.69, 9.17) is 15.0 Å². The van der Waals surface area contributed by atoms with Crippen LogP contribution in [0.3, 0.4) is 0 Å². The van der Waals surface area contributed by atoms with Gasteiger partial charge in [0, 0.05) is 88.7 Å². The molecule has 0 N–H and O–H groups in total. The van der Waals surface area contributed by atoms with Crippen molar-refractivity contribution >= 4 is 94.5 Å². The summed E-state index contributed by atoms with van der Waals surface area (Å²) in [6.45, 7) is 0. The van der Waals surface area contributed by atoms with E-state index in [9.17, 15) is 0 Å². The van der Waals surface area contributed by atoms with Crippen molar-refractivity contribution in [3.8, 4) is 45.3 Å². The van der Waals surface area contributed by atoms with E-state index < -0.39 is 0 Å². The van der Waals surface area contributed by atoms with Crippen LogP contribution in [0.25, 0.3) is 106 Å². The predicted octanol–water partition coefficient (Wildman–Crippen LogP) is 15.3. The predicted molar refractivity (Wildman–Crippen MR) is 252 cm³/mol. The number of aromatic nitrogens is 3. The normalized spacial score (nSPS) is 13.9. The third-order valence-corrected chi connectivity index (χ3v) is 15.8. The quantitative estimate of drug-likeness (QED) is 0.178. The minimum absolute atomic E-state index is 0.254. The van der Waals surface area contributed by atoms with Gasteiger partial charge in [0.2, 0.25) is 0 Å². The molecule has 1 unspecified atom stereocenters. The van der Waals surface area contributed by atoms with Gasteiger partial charge >= 0.3 is 0 Å². The van der Waals surface area contributed by atoms with E-state index in [1.54, 1.807) is 11.3 Å². The van der Waals surface area contributed by atoms with Crippen LogP contribution in [0.1, 0.15) is 22.6 Å². The van der Waals surface area contributed by atoms with E-state index in [1.807, 2.05) is 40.9 Å². The van der Waals surface area contributed by atoms with Gasteiger partial charge in [-0.3, -0.25) is 0 Å². The number of fused-ring (bicyclic) bond motifs is 13. The monoisotopic (exact) mass is 805 g/mol. The Labute approximate surface area is 351 Å². The maximum atomic E-state index is 5.30. The Kier molecular flexibility index (Phi) is 7.34. The minimum Gasteiger partial charge on any atom is -0.208 e. The molecule has 1 aliphatic rings. The summed E-state index contributed by atoms with van der Waals surface area (Å²) in [6.07, 6.45) is 0.970. The number of benzene rings is 8. The minimum atomic E-state index is 0.254. The lowest BCUT2D eigenvalue weighted by atomic mass is 9.75. The Morgan fingerprint density at radius 3 is 1.66 bits per heavy atom. The molecule has 0 radical (unpaired) electrons. The average Bonchev–Trinajstić information content (AvgIpc) is 4.00. The van der Waals surface area contributed by atoms with Gasteiger partial charge in [-0.05, 0) is 65.1 Å². The zero-order chi connectivity index (χ0) is 38.6. The Morgan fingerprint density at radius 2 is 0.932 bits per heavy atom. The molecule has 6 heteroatoms. The Morgan fingerprint density at radius 1 is 0.390 bits per heavy atom. The topological polar surface area (TPSA) is 38.7 Å². The molecular formula is C53H31N3S3. The van der Waals surface area contributed by atoms with Crippen LogP contribution in [-0.4, -0.2) is 15.0 Å². The number of hydrogen-bond donors (Lipinski definition) is 0. The number of hydrogen-bond acceptors (Lipinski definition) is 6. The Balaban J connectivity index is 0.961. The average molecular weight is 806 g/mol. The highest BCUT2D eigenvalue weighted by molar-refractivity contribution is 7.27. The highest BCUT2D eigenvalue weighted by Crippen LogP contribution is 2.50. The number of nitrogens with zero attached hydrogens (tertiary/aromatic N) is 3. The third kappa shape index (κ3) is 5.14. The molecule has 4 heterocycles. The van der Waals surface area contributed by atoms with Gasteiger partial charge in [-0.2, -0.15) is 0 Å². The second-order valence-electron chi connectivity index (χ2n) is 15.4. The molecule has 1 atom stereocenters. The van der Waals surface area contributed by atoms with Gasteiger partial charge in [0.1, 0.15) is 0 Å². The fraction of sp³-hybridized carbons (Fsp3) is 0.0377. The first-order valence-corrected chi connectivity index (χ1v) is 22.4. The maximum Gasteiger partial charge on any atom is 0.165 e. The van der Waals surface area contributed by atoms with Gasteiger partial charge in [0.05, 0.1) is 0 Å². The van der Waals surface area contributed by atoms with Crippen molar-refractivity contribution in [2.75, 3.05) is 0 Å². The van der Waals surface area contributed by atoms with Crippen molar-refractivity contribution in [1.29, 1.82) is 0 Å². The molecule has 0 spiro atoms. The molecule has 1 aliphatic carbocycles. The highest BCUT2D eigenvalue weighted by atomic mass is 32.1. The molecule has 0 fully saturated rings. The molecule has 0 aliphatic heterocycles. The molecule has 8 aromatic carbocycles. The fourth-order valence-electron chi connectivity index (χ4n) is 9.42. The zero-order valence-corrected chi connectivity index (χ0v) is 34.0. The van der Waals surface area contributed by atoms with Gasteiger partial charge in [0.25, 0.3) is 0 Å². The lowest BCUT2D eigenvalue weighted by Gasteiger charge is -2.29. The number of thiophene rings is 3. The molecule has 12 aromatic rings. The number of rotatable bonds is 4. The first-order chi connectivity index (χ1) is 29.2. The Hall–Kier alpha value is -6.57. The maximum absolute atomic E-state index is 5.30. The van der Waals surface area contributed by atoms with E-state index in [0.29, 0.717) is 17.5 Å². The molecule has 13 rings (SSSR count). The lowest BCUT2D eigenvalue weighted by molar-refractivity contribution is 0.797. The summed E-state index contributed by atoms with van der Waals surface area (Å²) in [5.41, 5.74) is 9.98. The van der Waals surface area contributed by atoms with Crippen molar-refractivity contribution in [1.82, 2.24) is 15.0 Å². The smallest absolute Gasteiger partial charge is 0.165 e. The molecule has 0 saturated heterocycles. The summed E-state index contributed by atoms with van der Waals surface area (Å²) in [7, 11) is 0. The van der Waals surface area contributed by atoms with Crippen LogP contribution < -0.4 is 0 Å². The summed E-state index contributed by atoms with van der Waals surface area (Å²) in [6, 6.07) is 61.8. The first kappa shape index (κ1) is 33.4. The van der Waals surface area contributed by atoms with Crippen LogP contribution >= 0.6 is 34.0 Å². The van der Waals surface area contributed by atoms with Crippen molar-refractivity contribution in [2.45, 2.75) is 12.3 Å². The Bertz CT molecular complexity index is 3670. The van der Waals surface area contributed by atoms with E-state index in [0.717, 1.165) is 23.1 Å². The van der Waals surface area contributed by atoms with Crippen LogP contribution in [0.2, 0.25) is 0 Å². The van der Waals surface area contributed by atoms with Crippen LogP contribution in [0.15, 0.2) is 170 Å². The van der Waals surface area contributed by atoms with E-state index in [-0.39, 0.29) is 5.92 Å². The summed E-state index contributed by atoms with van der Waals surface area (Å²) < 4.78 is 7.66. The van der Waals surface area contributed by atoms with Gasteiger partial charge in [-0.1, -0.05) is 133 Å². The van der Waals surface area contributed by atoms with Crippen molar-refractivity contribution in [2.24, 2.45) is 0 Å². The van der Waals surface area contributed by atoms with Crippen LogP contribution in [0, 0.1) is 0 Å². The van der Waals surface area contributed by atoms with Crippen LogP contribution in [0.5, 0.6) is 0 Å². The first-order valence-electron chi connectivity index (χ1n) is 19.9. The van der Waals surface area contributed by atoms with E-state index in [1.165, 1.54) is 88.3 Å². The van der Waals surface area contributed by atoms with Gasteiger partial charge < -0.3 is 0 Å². The third-order valence-electron chi connectivity index (χ3n) is 12.1. The largest absolute Gasteiger partial charge is 0.208 e. The molecule has 276 valence electrons. The van der Waals surface area contributed by atoms with E-state index in [2.05, 4.69) is 152 Å². The summed E-state index contributed by atoms with van der Waals surface area (Å²) >= 11 is 5.56. The van der Waals surface area contributed by atoms with Gasteiger partial charge in [-0.25, -0.2) is 15.0 Å². The van der Waals surface area contributed by atoms with Gasteiger partial charge in [-0.15, -0.1) is 34.0 Å². The lowest BCUT2D eigenvalue weighted by Crippen LogP contribution is -2.12. The standard InChI is InChI=1S/C53H31N3S3/c1-2-12-30(13-3-1)51-54-52(40-20-10-18-37-34-15-6-8-22-44(34)57-48(37)40)56-53(55-51)41-21-11-19-38-43-28-31(25-27-46(43)58-49(38)41)42-29-32-24-26-39-35-16-7-9-23-45(35)59-50(39)47(32)36-17-5-4-14-33(36)42/h1-28,42H,29H2. The fourth-order valence-corrected chi connectivity index (χ4v) is 13.1. The molecule has 59 heavy (non-hydrogen) atoms. The van der Waals surface area contributed by atoms with E-state index >= 15 is 0 Å². The molecule has 0 amide bonds. The van der Waals surface area contributed by atoms with Crippen molar-refractivity contribution in [3.63, 3.8) is 0 Å². The molecule has 0 bridgehead atoms. The highest BCUT2D eigenvalue weighted by Gasteiger charge is 2.29. The molecule has 0 saturated carbocycles. The summed E-state index contributed by atoms with van der Waals surface area (Å²) in [4.78, 5) is 15.7. The van der Waals surface area contributed by atoms with Crippen molar-refractivity contribution < 1.29 is 0 Å². The summed E-state index contributed by atoms with van der Waals surface area (Å²) in [5.74, 6) is 2.31. The second kappa shape index (κ2) is 13.0. The van der Waals surface area contributed by atoms with Crippen molar-refractivity contribution in [3.05, 3.63) is 187 Å². The van der Waals surface area contributed by atoms with Crippen LogP contribution in [-0.2, 0) is 6.42 Å².